The molecule has 0 radical (unpaired) electrons. The number of nitrogens with one attached hydrogen (secondary N) is 2. The van der Waals surface area contributed by atoms with Gasteiger partial charge in [-0.25, -0.2) is 4.79 Å². The van der Waals surface area contributed by atoms with Crippen LogP contribution in [0.15, 0.2) is 47.5 Å². The summed E-state index contributed by atoms with van der Waals surface area (Å²) in [6.45, 7) is 1.96. The van der Waals surface area contributed by atoms with Crippen LogP contribution >= 0.6 is 11.9 Å². The number of aromatic amines is 1. The minimum Gasteiger partial charge on any atom is -0.478 e. The molecule has 0 unspecified atom stereocenters. The van der Waals surface area contributed by atoms with Crippen LogP contribution in [0.5, 0.6) is 0 Å². The van der Waals surface area contributed by atoms with E-state index in [-0.39, 0.29) is 5.56 Å². The Bertz CT molecular complexity index is 941. The fourth-order valence-corrected chi connectivity index (χ4v) is 3.13. The molecule has 5 nitrogen and oxygen atoms in total. The Kier molecular flexibility index (Phi) is 3.96. The molecule has 0 spiro atoms. The summed E-state index contributed by atoms with van der Waals surface area (Å²) in [5.41, 5.74) is 3.60. The molecule has 0 aliphatic carbocycles. The summed E-state index contributed by atoms with van der Waals surface area (Å²) in [6, 6.07) is 12.8. The van der Waals surface area contributed by atoms with Gasteiger partial charge in [-0.3, -0.25) is 0 Å². The third kappa shape index (κ3) is 2.87. The lowest BCUT2D eigenvalue weighted by Crippen LogP contribution is -1.96. The standard InChI is InChI=1S/C17H13N3O2S/c1-10-5-6-14(16-15(10)12(8-18)9-19-16)20-23-13-4-2-3-11(7-13)17(21)22/h2-7,9,19-20H,1H3,(H,21,22). The number of benzene rings is 2. The molecule has 1 heterocycles. The molecule has 0 fully saturated rings. The van der Waals surface area contributed by atoms with E-state index in [2.05, 4.69) is 15.8 Å². The van der Waals surface area contributed by atoms with E-state index in [4.69, 9.17) is 5.11 Å². The van der Waals surface area contributed by atoms with Crippen molar-refractivity contribution in [2.45, 2.75) is 11.8 Å². The number of nitriles is 1. The summed E-state index contributed by atoms with van der Waals surface area (Å²) in [6.07, 6.45) is 1.69. The Hall–Kier alpha value is -2.91. The number of H-pyrrole nitrogens is 1. The van der Waals surface area contributed by atoms with Gasteiger partial charge in [0.25, 0.3) is 0 Å². The van der Waals surface area contributed by atoms with Crippen LogP contribution in [-0.4, -0.2) is 16.1 Å². The van der Waals surface area contributed by atoms with Gasteiger partial charge in [0.05, 0.1) is 22.3 Å². The second kappa shape index (κ2) is 6.07. The molecule has 2 aromatic carbocycles. The number of fused-ring (bicyclic) bond motifs is 1. The van der Waals surface area contributed by atoms with Crippen LogP contribution in [0.2, 0.25) is 0 Å². The van der Waals surface area contributed by atoms with Crippen molar-refractivity contribution >= 4 is 34.5 Å². The third-order valence-electron chi connectivity index (χ3n) is 3.52. The highest BCUT2D eigenvalue weighted by molar-refractivity contribution is 8.00. The van der Waals surface area contributed by atoms with Crippen LogP contribution in [-0.2, 0) is 0 Å². The molecule has 6 heteroatoms. The van der Waals surface area contributed by atoms with Crippen molar-refractivity contribution in [2.24, 2.45) is 0 Å². The van der Waals surface area contributed by atoms with E-state index in [1.54, 1.807) is 24.4 Å². The largest absolute Gasteiger partial charge is 0.478 e. The molecule has 3 N–H and O–H groups in total. The number of aryl methyl sites for hydroxylation is 1. The van der Waals surface area contributed by atoms with Gasteiger partial charge in [0.2, 0.25) is 0 Å². The summed E-state index contributed by atoms with van der Waals surface area (Å²) >= 11 is 1.33. The highest BCUT2D eigenvalue weighted by Gasteiger charge is 2.10. The van der Waals surface area contributed by atoms with Gasteiger partial charge in [-0.15, -0.1) is 0 Å². The second-order valence-electron chi connectivity index (χ2n) is 5.03. The van der Waals surface area contributed by atoms with Gasteiger partial charge in [0.1, 0.15) is 6.07 Å². The van der Waals surface area contributed by atoms with E-state index in [0.717, 1.165) is 27.0 Å². The number of aromatic carboxylic acids is 1. The fourth-order valence-electron chi connectivity index (χ4n) is 2.40. The number of nitrogens with zero attached hydrogens (tertiary/aromatic N) is 1. The van der Waals surface area contributed by atoms with Gasteiger partial charge in [-0.2, -0.15) is 5.26 Å². The molecule has 1 aromatic heterocycles. The van der Waals surface area contributed by atoms with Crippen LogP contribution < -0.4 is 4.72 Å². The Morgan fingerprint density at radius 2 is 2.17 bits per heavy atom. The van der Waals surface area contributed by atoms with E-state index >= 15 is 0 Å². The Morgan fingerprint density at radius 3 is 2.91 bits per heavy atom. The maximum atomic E-state index is 11.0. The molecule has 0 bridgehead atoms. The van der Waals surface area contributed by atoms with Gasteiger partial charge in [0.15, 0.2) is 0 Å². The number of hydrogen-bond acceptors (Lipinski definition) is 4. The highest BCUT2D eigenvalue weighted by atomic mass is 32.2. The molecular weight excluding hydrogens is 310 g/mol. The zero-order chi connectivity index (χ0) is 16.4. The van der Waals surface area contributed by atoms with Gasteiger partial charge in [-0.1, -0.05) is 12.1 Å². The SMILES string of the molecule is Cc1ccc(NSc2cccc(C(=O)O)c2)c2[nH]cc(C#N)c12. The number of hydrogen-bond donors (Lipinski definition) is 3. The van der Waals surface area contributed by atoms with E-state index in [0.29, 0.717) is 5.56 Å². The molecule has 0 aliphatic rings. The normalized spacial score (nSPS) is 10.4. The predicted molar refractivity (Wildman–Crippen MR) is 90.6 cm³/mol. The van der Waals surface area contributed by atoms with E-state index < -0.39 is 5.97 Å². The quantitative estimate of drug-likeness (QED) is 0.627. The van der Waals surface area contributed by atoms with E-state index in [1.807, 2.05) is 25.1 Å². The first-order chi connectivity index (χ1) is 11.1. The van der Waals surface area contributed by atoms with Crippen LogP contribution in [0.3, 0.4) is 0 Å². The van der Waals surface area contributed by atoms with Gasteiger partial charge in [-0.05, 0) is 48.7 Å². The number of carboxylic acids is 1. The smallest absolute Gasteiger partial charge is 0.335 e. The van der Waals surface area contributed by atoms with Crippen molar-refractivity contribution < 1.29 is 9.90 Å². The molecule has 0 saturated heterocycles. The van der Waals surface area contributed by atoms with Crippen LogP contribution in [0.4, 0.5) is 5.69 Å². The number of aromatic nitrogens is 1. The molecule has 23 heavy (non-hydrogen) atoms. The molecule has 114 valence electrons. The van der Waals surface area contributed by atoms with Crippen molar-refractivity contribution in [3.05, 3.63) is 59.3 Å². The number of carboxylic acid groups (broad SMARTS) is 1. The number of anilines is 1. The van der Waals surface area contributed by atoms with Gasteiger partial charge < -0.3 is 14.8 Å². The maximum Gasteiger partial charge on any atom is 0.335 e. The molecular formula is C17H13N3O2S. The third-order valence-corrected chi connectivity index (χ3v) is 4.34. The van der Waals surface area contributed by atoms with Crippen molar-refractivity contribution in [3.8, 4) is 6.07 Å². The lowest BCUT2D eigenvalue weighted by atomic mass is 10.1. The van der Waals surface area contributed by atoms with Crippen molar-refractivity contribution in [1.29, 1.82) is 5.26 Å². The minimum absolute atomic E-state index is 0.248. The van der Waals surface area contributed by atoms with Crippen LogP contribution in [0, 0.1) is 18.3 Å². The average Bonchev–Trinajstić information content (AvgIpc) is 2.99. The molecule has 0 amide bonds. The maximum absolute atomic E-state index is 11.0. The minimum atomic E-state index is -0.951. The zero-order valence-corrected chi connectivity index (χ0v) is 13.1. The fraction of sp³-hybridized carbons (Fsp3) is 0.0588. The highest BCUT2D eigenvalue weighted by Crippen LogP contribution is 2.31. The van der Waals surface area contributed by atoms with Crippen molar-refractivity contribution in [2.75, 3.05) is 4.72 Å². The topological polar surface area (TPSA) is 88.9 Å². The first kappa shape index (κ1) is 15.0. The average molecular weight is 323 g/mol. The Morgan fingerprint density at radius 1 is 1.35 bits per heavy atom. The first-order valence-corrected chi connectivity index (χ1v) is 7.69. The summed E-state index contributed by atoms with van der Waals surface area (Å²) in [7, 11) is 0. The lowest BCUT2D eigenvalue weighted by molar-refractivity contribution is 0.0696. The van der Waals surface area contributed by atoms with Crippen LogP contribution in [0.1, 0.15) is 21.5 Å². The van der Waals surface area contributed by atoms with Gasteiger partial charge in [0, 0.05) is 16.5 Å². The van der Waals surface area contributed by atoms with E-state index in [9.17, 15) is 10.1 Å². The molecule has 0 atom stereocenters. The molecule has 3 aromatic rings. The lowest BCUT2D eigenvalue weighted by Gasteiger charge is -2.09. The second-order valence-corrected chi connectivity index (χ2v) is 5.91. The summed E-state index contributed by atoms with van der Waals surface area (Å²) in [5, 5.41) is 19.1. The monoisotopic (exact) mass is 323 g/mol. The Balaban J connectivity index is 1.90. The molecule has 0 aliphatic heterocycles. The van der Waals surface area contributed by atoms with Crippen LogP contribution in [0.25, 0.3) is 10.9 Å². The van der Waals surface area contributed by atoms with E-state index in [1.165, 1.54) is 11.9 Å². The number of rotatable bonds is 4. The first-order valence-electron chi connectivity index (χ1n) is 6.87. The van der Waals surface area contributed by atoms with Crippen molar-refractivity contribution in [1.82, 2.24) is 4.98 Å². The van der Waals surface area contributed by atoms with Gasteiger partial charge >= 0.3 is 5.97 Å². The molecule has 3 rings (SSSR count). The summed E-state index contributed by atoms with van der Waals surface area (Å²) in [4.78, 5) is 14.9. The molecule has 0 saturated carbocycles. The summed E-state index contributed by atoms with van der Waals surface area (Å²) < 4.78 is 3.22. The predicted octanol–water partition coefficient (Wildman–Crippen LogP) is 4.17. The Labute approximate surface area is 137 Å². The van der Waals surface area contributed by atoms with Crippen molar-refractivity contribution in [3.63, 3.8) is 0 Å². The zero-order valence-electron chi connectivity index (χ0n) is 12.3. The summed E-state index contributed by atoms with van der Waals surface area (Å²) in [5.74, 6) is -0.951. The number of carbonyl (C=O) groups is 1.